The van der Waals surface area contributed by atoms with Gasteiger partial charge in [0.25, 0.3) is 0 Å². The van der Waals surface area contributed by atoms with Crippen LogP contribution in [0.5, 0.6) is 5.75 Å². The van der Waals surface area contributed by atoms with E-state index in [1.165, 1.54) is 0 Å². The maximum absolute atomic E-state index is 9.25. The van der Waals surface area contributed by atoms with Crippen molar-refractivity contribution in [3.05, 3.63) is 59.7 Å². The van der Waals surface area contributed by atoms with Gasteiger partial charge in [-0.25, -0.2) is 0 Å². The molecule has 2 N–H and O–H groups in total. The number of benzene rings is 2. The van der Waals surface area contributed by atoms with Crippen LogP contribution < -0.4 is 15.4 Å². The second-order valence-corrected chi connectivity index (χ2v) is 6.27. The van der Waals surface area contributed by atoms with E-state index in [1.54, 1.807) is 7.11 Å². The van der Waals surface area contributed by atoms with E-state index in [2.05, 4.69) is 21.9 Å². The highest BCUT2D eigenvalue weighted by molar-refractivity contribution is 5.58. The van der Waals surface area contributed by atoms with Gasteiger partial charge in [-0.2, -0.15) is 5.26 Å². The third-order valence-corrected chi connectivity index (χ3v) is 4.73. The first-order chi connectivity index (χ1) is 12.2. The van der Waals surface area contributed by atoms with Crippen molar-refractivity contribution in [3.8, 4) is 11.8 Å². The van der Waals surface area contributed by atoms with Gasteiger partial charge in [-0.3, -0.25) is 4.90 Å². The standard InChI is InChI=1S/C20H24N4O/c1-25-20-9-5-4-8-19(20)24-12-10-23(11-13-24)15-18(22)17-7-3-2-6-16(17)14-21/h2-9,18H,10-13,15,22H2,1H3. The average molecular weight is 336 g/mol. The molecule has 1 saturated heterocycles. The smallest absolute Gasteiger partial charge is 0.142 e. The van der Waals surface area contributed by atoms with Gasteiger partial charge >= 0.3 is 0 Å². The second-order valence-electron chi connectivity index (χ2n) is 6.27. The lowest BCUT2D eigenvalue weighted by Crippen LogP contribution is -2.48. The van der Waals surface area contributed by atoms with E-state index in [0.717, 1.165) is 49.7 Å². The number of piperazine rings is 1. The van der Waals surface area contributed by atoms with Crippen molar-refractivity contribution < 1.29 is 4.74 Å². The summed E-state index contributed by atoms with van der Waals surface area (Å²) in [6, 6.07) is 17.8. The molecule has 1 fully saturated rings. The number of hydrogen-bond acceptors (Lipinski definition) is 5. The van der Waals surface area contributed by atoms with Crippen molar-refractivity contribution in [2.75, 3.05) is 44.7 Å². The van der Waals surface area contributed by atoms with Gasteiger partial charge in [0.15, 0.2) is 0 Å². The fraction of sp³-hybridized carbons (Fsp3) is 0.350. The summed E-state index contributed by atoms with van der Waals surface area (Å²) in [6.07, 6.45) is 0. The summed E-state index contributed by atoms with van der Waals surface area (Å²) in [5.41, 5.74) is 9.11. The van der Waals surface area contributed by atoms with E-state index in [1.807, 2.05) is 42.5 Å². The molecule has 0 bridgehead atoms. The van der Waals surface area contributed by atoms with Gasteiger partial charge in [-0.1, -0.05) is 30.3 Å². The molecule has 0 aliphatic carbocycles. The van der Waals surface area contributed by atoms with E-state index in [9.17, 15) is 5.26 Å². The lowest BCUT2D eigenvalue weighted by Gasteiger charge is -2.37. The summed E-state index contributed by atoms with van der Waals surface area (Å²) in [7, 11) is 1.71. The molecule has 0 aromatic heterocycles. The first-order valence-corrected chi connectivity index (χ1v) is 8.58. The van der Waals surface area contributed by atoms with Gasteiger partial charge in [0, 0.05) is 38.8 Å². The fourth-order valence-corrected chi connectivity index (χ4v) is 3.36. The number of methoxy groups -OCH3 is 1. The molecule has 2 aromatic carbocycles. The molecule has 1 aliphatic heterocycles. The molecule has 25 heavy (non-hydrogen) atoms. The molecule has 3 rings (SSSR count). The normalized spacial score (nSPS) is 16.3. The van der Waals surface area contributed by atoms with Crippen LogP contribution in [0, 0.1) is 11.3 Å². The molecule has 5 nitrogen and oxygen atoms in total. The maximum Gasteiger partial charge on any atom is 0.142 e. The second kappa shape index (κ2) is 8.02. The number of nitrogens with zero attached hydrogens (tertiary/aromatic N) is 3. The Kier molecular flexibility index (Phi) is 5.54. The largest absolute Gasteiger partial charge is 0.495 e. The summed E-state index contributed by atoms with van der Waals surface area (Å²) in [5.74, 6) is 0.913. The molecule has 0 spiro atoms. The Hall–Kier alpha value is -2.55. The lowest BCUT2D eigenvalue weighted by atomic mass is 10.0. The van der Waals surface area contributed by atoms with Gasteiger partial charge in [-0.15, -0.1) is 0 Å². The Morgan fingerprint density at radius 3 is 2.48 bits per heavy atom. The minimum Gasteiger partial charge on any atom is -0.495 e. The van der Waals surface area contributed by atoms with Crippen molar-refractivity contribution in [2.24, 2.45) is 5.73 Å². The van der Waals surface area contributed by atoms with E-state index < -0.39 is 0 Å². The summed E-state index contributed by atoms with van der Waals surface area (Å²) in [4.78, 5) is 4.72. The average Bonchev–Trinajstić information content (AvgIpc) is 2.68. The summed E-state index contributed by atoms with van der Waals surface area (Å²) < 4.78 is 5.47. The highest BCUT2D eigenvalue weighted by Crippen LogP contribution is 2.28. The fourth-order valence-electron chi connectivity index (χ4n) is 3.36. The van der Waals surface area contributed by atoms with Gasteiger partial charge in [0.1, 0.15) is 5.75 Å². The van der Waals surface area contributed by atoms with Crippen molar-refractivity contribution in [1.82, 2.24) is 4.90 Å². The Balaban J connectivity index is 1.60. The zero-order valence-corrected chi connectivity index (χ0v) is 14.6. The molecule has 130 valence electrons. The first-order valence-electron chi connectivity index (χ1n) is 8.58. The first kappa shape index (κ1) is 17.3. The molecule has 0 amide bonds. The van der Waals surface area contributed by atoms with Crippen LogP contribution in [-0.2, 0) is 0 Å². The molecule has 1 atom stereocenters. The van der Waals surface area contributed by atoms with E-state index in [-0.39, 0.29) is 6.04 Å². The monoisotopic (exact) mass is 336 g/mol. The Morgan fingerprint density at radius 2 is 1.76 bits per heavy atom. The topological polar surface area (TPSA) is 65.5 Å². The lowest BCUT2D eigenvalue weighted by molar-refractivity contribution is 0.242. The SMILES string of the molecule is COc1ccccc1N1CCN(CC(N)c2ccccc2C#N)CC1. The van der Waals surface area contributed by atoms with Crippen molar-refractivity contribution >= 4 is 5.69 Å². The minimum absolute atomic E-state index is 0.145. The third kappa shape index (κ3) is 3.93. The molecule has 1 aliphatic rings. The number of hydrogen-bond donors (Lipinski definition) is 1. The summed E-state index contributed by atoms with van der Waals surface area (Å²) in [5, 5.41) is 9.25. The van der Waals surface area contributed by atoms with Crippen LogP contribution in [0.3, 0.4) is 0 Å². The quantitative estimate of drug-likeness (QED) is 0.908. The number of nitriles is 1. The number of anilines is 1. The van der Waals surface area contributed by atoms with Gasteiger partial charge in [-0.05, 0) is 23.8 Å². The predicted octanol–water partition coefficient (Wildman–Crippen LogP) is 2.39. The van der Waals surface area contributed by atoms with E-state index in [4.69, 9.17) is 10.5 Å². The molecular weight excluding hydrogens is 312 g/mol. The molecule has 0 saturated carbocycles. The van der Waals surface area contributed by atoms with Gasteiger partial charge < -0.3 is 15.4 Å². The molecule has 5 heteroatoms. The Morgan fingerprint density at radius 1 is 1.08 bits per heavy atom. The highest BCUT2D eigenvalue weighted by atomic mass is 16.5. The van der Waals surface area contributed by atoms with Crippen molar-refractivity contribution in [1.29, 1.82) is 5.26 Å². The van der Waals surface area contributed by atoms with E-state index in [0.29, 0.717) is 5.56 Å². The van der Waals surface area contributed by atoms with Crippen LogP contribution in [0.2, 0.25) is 0 Å². The highest BCUT2D eigenvalue weighted by Gasteiger charge is 2.22. The minimum atomic E-state index is -0.145. The number of para-hydroxylation sites is 2. The van der Waals surface area contributed by atoms with Gasteiger partial charge in [0.2, 0.25) is 0 Å². The predicted molar refractivity (Wildman–Crippen MR) is 99.7 cm³/mol. The van der Waals surface area contributed by atoms with E-state index >= 15 is 0 Å². The summed E-state index contributed by atoms with van der Waals surface area (Å²) >= 11 is 0. The maximum atomic E-state index is 9.25. The van der Waals surface area contributed by atoms with Crippen LogP contribution in [0.1, 0.15) is 17.2 Å². The van der Waals surface area contributed by atoms with Crippen molar-refractivity contribution in [2.45, 2.75) is 6.04 Å². The summed E-state index contributed by atoms with van der Waals surface area (Å²) in [6.45, 7) is 4.53. The molecule has 1 unspecified atom stereocenters. The zero-order chi connectivity index (χ0) is 17.6. The number of nitrogens with two attached hydrogens (primary N) is 1. The van der Waals surface area contributed by atoms with Crippen LogP contribution in [0.4, 0.5) is 5.69 Å². The molecule has 2 aromatic rings. The van der Waals surface area contributed by atoms with Crippen LogP contribution in [-0.4, -0.2) is 44.7 Å². The number of rotatable bonds is 5. The van der Waals surface area contributed by atoms with Crippen LogP contribution in [0.15, 0.2) is 48.5 Å². The number of ether oxygens (including phenoxy) is 1. The van der Waals surface area contributed by atoms with Crippen LogP contribution >= 0.6 is 0 Å². The Labute approximate surface area is 149 Å². The molecule has 0 radical (unpaired) electrons. The third-order valence-electron chi connectivity index (χ3n) is 4.73. The van der Waals surface area contributed by atoms with Crippen LogP contribution in [0.25, 0.3) is 0 Å². The Bertz CT molecular complexity index is 747. The zero-order valence-electron chi connectivity index (χ0n) is 14.6. The van der Waals surface area contributed by atoms with Crippen molar-refractivity contribution in [3.63, 3.8) is 0 Å². The van der Waals surface area contributed by atoms with Gasteiger partial charge in [0.05, 0.1) is 24.4 Å². The molecule has 1 heterocycles. The molecular formula is C20H24N4O.